The minimum Gasteiger partial charge on any atom is -0.543 e. The molecule has 1 aromatic carbocycles. The molecule has 1 amide bonds. The van der Waals surface area contributed by atoms with Crippen LogP contribution in [0.5, 0.6) is 5.75 Å². The van der Waals surface area contributed by atoms with Crippen molar-refractivity contribution < 1.29 is 23.9 Å². The summed E-state index contributed by atoms with van der Waals surface area (Å²) < 4.78 is 11.5. The van der Waals surface area contributed by atoms with Crippen LogP contribution in [0.3, 0.4) is 0 Å². The molecule has 0 aliphatic heterocycles. The SMILES string of the molecule is CC(C)(C)OC(=O)NC(C(=O)O)c1ccccc1O[Si](C)(C)C(C)(C)C. The van der Waals surface area contributed by atoms with Crippen molar-refractivity contribution in [2.75, 3.05) is 0 Å². The summed E-state index contributed by atoms with van der Waals surface area (Å²) in [6, 6.07) is 5.64. The molecule has 0 aromatic heterocycles. The lowest BCUT2D eigenvalue weighted by atomic mass is 10.1. The van der Waals surface area contributed by atoms with E-state index in [-0.39, 0.29) is 5.04 Å². The van der Waals surface area contributed by atoms with Crippen molar-refractivity contribution in [3.8, 4) is 5.75 Å². The zero-order valence-electron chi connectivity index (χ0n) is 17.0. The average molecular weight is 382 g/mol. The predicted octanol–water partition coefficient (Wildman–Crippen LogP) is 4.72. The Morgan fingerprint density at radius 3 is 2.08 bits per heavy atom. The summed E-state index contributed by atoms with van der Waals surface area (Å²) in [7, 11) is -2.17. The zero-order chi connectivity index (χ0) is 20.3. The molecule has 1 aromatic rings. The number of carboxylic acids is 1. The average Bonchev–Trinajstić information content (AvgIpc) is 2.42. The Kier molecular flexibility index (Phi) is 6.52. The molecule has 6 nitrogen and oxygen atoms in total. The first-order valence-corrected chi connectivity index (χ1v) is 11.5. The number of hydrogen-bond donors (Lipinski definition) is 2. The van der Waals surface area contributed by atoms with Gasteiger partial charge in [0.1, 0.15) is 11.4 Å². The number of carbonyl (C=O) groups is 2. The quantitative estimate of drug-likeness (QED) is 0.721. The lowest BCUT2D eigenvalue weighted by molar-refractivity contribution is -0.139. The van der Waals surface area contributed by atoms with Crippen LogP contribution in [0.25, 0.3) is 0 Å². The number of aliphatic carboxylic acids is 1. The van der Waals surface area contributed by atoms with E-state index >= 15 is 0 Å². The monoisotopic (exact) mass is 381 g/mol. The Morgan fingerprint density at radius 1 is 1.08 bits per heavy atom. The van der Waals surface area contributed by atoms with Gasteiger partial charge in [-0.3, -0.25) is 0 Å². The molecular weight excluding hydrogens is 350 g/mol. The number of amides is 1. The minimum atomic E-state index is -2.17. The second-order valence-electron chi connectivity index (χ2n) is 8.82. The van der Waals surface area contributed by atoms with Crippen LogP contribution < -0.4 is 9.74 Å². The van der Waals surface area contributed by atoms with E-state index in [4.69, 9.17) is 9.16 Å². The van der Waals surface area contributed by atoms with Crippen LogP contribution in [0.2, 0.25) is 18.1 Å². The van der Waals surface area contributed by atoms with Crippen molar-refractivity contribution in [2.45, 2.75) is 71.3 Å². The maximum atomic E-state index is 12.1. The highest BCUT2D eigenvalue weighted by atomic mass is 28.4. The van der Waals surface area contributed by atoms with Gasteiger partial charge in [-0.25, -0.2) is 9.59 Å². The number of alkyl carbamates (subject to hydrolysis) is 1. The number of carbonyl (C=O) groups excluding carboxylic acids is 1. The Labute approximate surface area is 157 Å². The van der Waals surface area contributed by atoms with Crippen molar-refractivity contribution in [1.29, 1.82) is 0 Å². The Hall–Kier alpha value is -2.02. The van der Waals surface area contributed by atoms with Crippen molar-refractivity contribution in [3.63, 3.8) is 0 Å². The van der Waals surface area contributed by atoms with E-state index in [0.717, 1.165) is 0 Å². The van der Waals surface area contributed by atoms with Crippen LogP contribution in [-0.4, -0.2) is 31.1 Å². The zero-order valence-corrected chi connectivity index (χ0v) is 18.0. The topological polar surface area (TPSA) is 84.9 Å². The number of ether oxygens (including phenoxy) is 1. The fourth-order valence-electron chi connectivity index (χ4n) is 1.94. The van der Waals surface area contributed by atoms with Crippen LogP contribution in [0, 0.1) is 0 Å². The molecule has 0 aliphatic carbocycles. The number of para-hydroxylation sites is 1. The van der Waals surface area contributed by atoms with Crippen molar-refractivity contribution >= 4 is 20.4 Å². The summed E-state index contributed by atoms with van der Waals surface area (Å²) >= 11 is 0. The number of nitrogens with one attached hydrogen (secondary N) is 1. The largest absolute Gasteiger partial charge is 0.543 e. The molecule has 0 saturated carbocycles. The number of hydrogen-bond acceptors (Lipinski definition) is 4. The van der Waals surface area contributed by atoms with Crippen molar-refractivity contribution in [3.05, 3.63) is 29.8 Å². The molecule has 1 rings (SSSR count). The lowest BCUT2D eigenvalue weighted by Gasteiger charge is -2.37. The van der Waals surface area contributed by atoms with E-state index in [1.54, 1.807) is 45.0 Å². The molecular formula is C19H31NO5Si. The van der Waals surface area contributed by atoms with Gasteiger partial charge in [0, 0.05) is 5.56 Å². The molecule has 0 radical (unpaired) electrons. The molecule has 0 saturated heterocycles. The van der Waals surface area contributed by atoms with E-state index in [2.05, 4.69) is 39.2 Å². The van der Waals surface area contributed by atoms with Crippen molar-refractivity contribution in [1.82, 2.24) is 5.32 Å². The second kappa shape index (κ2) is 7.69. The van der Waals surface area contributed by atoms with E-state index in [1.807, 2.05) is 0 Å². The van der Waals surface area contributed by atoms with Gasteiger partial charge in [0.05, 0.1) is 0 Å². The number of rotatable bonds is 5. The van der Waals surface area contributed by atoms with Crippen LogP contribution in [0.4, 0.5) is 4.79 Å². The number of benzene rings is 1. The highest BCUT2D eigenvalue weighted by Crippen LogP contribution is 2.39. The molecule has 1 atom stereocenters. The van der Waals surface area contributed by atoms with Gasteiger partial charge in [-0.1, -0.05) is 39.0 Å². The van der Waals surface area contributed by atoms with Crippen LogP contribution in [0.15, 0.2) is 24.3 Å². The molecule has 0 fully saturated rings. The molecule has 0 bridgehead atoms. The van der Waals surface area contributed by atoms with Gasteiger partial charge >= 0.3 is 12.1 Å². The standard InChI is InChI=1S/C19H31NO5Si/c1-18(2,3)24-17(23)20-15(16(21)22)13-11-9-10-12-14(13)25-26(7,8)19(4,5)6/h9-12,15H,1-8H3,(H,20,23)(H,21,22). The van der Waals surface area contributed by atoms with Crippen LogP contribution in [0.1, 0.15) is 53.1 Å². The van der Waals surface area contributed by atoms with E-state index in [0.29, 0.717) is 11.3 Å². The predicted molar refractivity (Wildman–Crippen MR) is 104 cm³/mol. The molecule has 0 heterocycles. The maximum Gasteiger partial charge on any atom is 0.408 e. The third-order valence-corrected chi connectivity index (χ3v) is 8.65. The fourth-order valence-corrected chi connectivity index (χ4v) is 2.98. The molecule has 0 spiro atoms. The molecule has 1 unspecified atom stereocenters. The highest BCUT2D eigenvalue weighted by Gasteiger charge is 2.40. The summed E-state index contributed by atoms with van der Waals surface area (Å²) in [6.07, 6.45) is -0.785. The summed E-state index contributed by atoms with van der Waals surface area (Å²) in [5.74, 6) is -0.704. The maximum absolute atomic E-state index is 12.1. The summed E-state index contributed by atoms with van der Waals surface area (Å²) in [4.78, 5) is 23.9. The molecule has 0 aliphatic rings. The first kappa shape index (κ1) is 22.0. The summed E-state index contributed by atoms with van der Waals surface area (Å²) in [6.45, 7) is 15.6. The minimum absolute atomic E-state index is 0.0442. The Morgan fingerprint density at radius 2 is 1.62 bits per heavy atom. The Balaban J connectivity index is 3.18. The van der Waals surface area contributed by atoms with E-state index in [9.17, 15) is 14.7 Å². The van der Waals surface area contributed by atoms with Gasteiger partial charge in [0.25, 0.3) is 0 Å². The van der Waals surface area contributed by atoms with Gasteiger partial charge < -0.3 is 19.6 Å². The van der Waals surface area contributed by atoms with Crippen LogP contribution >= 0.6 is 0 Å². The van der Waals surface area contributed by atoms with E-state index < -0.39 is 32.0 Å². The third-order valence-electron chi connectivity index (χ3n) is 4.31. The molecule has 2 N–H and O–H groups in total. The third kappa shape index (κ3) is 6.05. The molecule has 146 valence electrons. The summed E-state index contributed by atoms with van der Waals surface area (Å²) in [5.41, 5.74) is -0.319. The van der Waals surface area contributed by atoms with Gasteiger partial charge in [-0.15, -0.1) is 0 Å². The smallest absolute Gasteiger partial charge is 0.408 e. The lowest BCUT2D eigenvalue weighted by Crippen LogP contribution is -2.44. The second-order valence-corrected chi connectivity index (χ2v) is 13.5. The first-order chi connectivity index (χ1) is 11.6. The Bertz CT molecular complexity index is 659. The molecule has 26 heavy (non-hydrogen) atoms. The highest BCUT2D eigenvalue weighted by molar-refractivity contribution is 6.74. The first-order valence-electron chi connectivity index (χ1n) is 8.64. The summed E-state index contributed by atoms with van der Waals surface area (Å²) in [5, 5.41) is 12.0. The normalized spacial score (nSPS) is 13.7. The van der Waals surface area contributed by atoms with Crippen LogP contribution in [-0.2, 0) is 9.53 Å². The van der Waals surface area contributed by atoms with Crippen molar-refractivity contribution in [2.24, 2.45) is 0 Å². The van der Waals surface area contributed by atoms with Gasteiger partial charge in [-0.05, 0) is 45.0 Å². The van der Waals surface area contributed by atoms with Gasteiger partial charge in [0.15, 0.2) is 6.04 Å². The molecule has 7 heteroatoms. The van der Waals surface area contributed by atoms with E-state index in [1.165, 1.54) is 0 Å². The fraction of sp³-hybridized carbons (Fsp3) is 0.579. The van der Waals surface area contributed by atoms with Gasteiger partial charge in [-0.2, -0.15) is 0 Å². The van der Waals surface area contributed by atoms with Gasteiger partial charge in [0.2, 0.25) is 8.32 Å². The number of carboxylic acid groups (broad SMARTS) is 1.